The van der Waals surface area contributed by atoms with Crippen LogP contribution in [0, 0.1) is 0 Å². The number of carbonyl (C=O) groups excluding carboxylic acids is 2. The van der Waals surface area contributed by atoms with Crippen LogP contribution in [0.25, 0.3) is 0 Å². The molecule has 0 radical (unpaired) electrons. The summed E-state index contributed by atoms with van der Waals surface area (Å²) in [6.45, 7) is -0.220. The third-order valence-electron chi connectivity index (χ3n) is 3.70. The molecule has 0 aliphatic heterocycles. The first kappa shape index (κ1) is 19.0. The maximum absolute atomic E-state index is 12.8. The highest BCUT2D eigenvalue weighted by molar-refractivity contribution is 6.31. The van der Waals surface area contributed by atoms with Crippen molar-refractivity contribution >= 4 is 40.6 Å². The maximum Gasteiger partial charge on any atom is 0.262 e. The summed E-state index contributed by atoms with van der Waals surface area (Å²) in [4.78, 5) is 25.0. The molecule has 6 heteroatoms. The van der Waals surface area contributed by atoms with Crippen molar-refractivity contribution in [1.29, 1.82) is 0 Å². The van der Waals surface area contributed by atoms with Gasteiger partial charge < -0.3 is 10.1 Å². The smallest absolute Gasteiger partial charge is 0.262 e. The number of ether oxygens (including phenoxy) is 1. The summed E-state index contributed by atoms with van der Waals surface area (Å²) in [6.07, 6.45) is 0. The number of carbonyl (C=O) groups is 2. The van der Waals surface area contributed by atoms with Gasteiger partial charge in [-0.1, -0.05) is 59.6 Å². The molecule has 27 heavy (non-hydrogen) atoms. The third kappa shape index (κ3) is 5.09. The Kier molecular flexibility index (Phi) is 6.12. The average molecular weight is 400 g/mol. The van der Waals surface area contributed by atoms with E-state index in [1.807, 2.05) is 6.07 Å². The Hall–Kier alpha value is -2.82. The molecule has 0 aromatic heterocycles. The molecule has 136 valence electrons. The highest BCUT2D eigenvalue weighted by Crippen LogP contribution is 2.24. The molecule has 0 spiro atoms. The molecule has 0 unspecified atom stereocenters. The number of nitrogens with one attached hydrogen (secondary N) is 1. The second kappa shape index (κ2) is 8.71. The highest BCUT2D eigenvalue weighted by Gasteiger charge is 2.16. The Balaban J connectivity index is 1.74. The summed E-state index contributed by atoms with van der Waals surface area (Å²) >= 11 is 11.9. The minimum absolute atomic E-state index is 0.220. The first-order valence-electron chi connectivity index (χ1n) is 8.10. The van der Waals surface area contributed by atoms with Crippen LogP contribution in [0.4, 0.5) is 5.69 Å². The number of rotatable bonds is 6. The minimum atomic E-state index is -0.403. The van der Waals surface area contributed by atoms with Crippen LogP contribution in [0.15, 0.2) is 72.8 Å². The van der Waals surface area contributed by atoms with Crippen LogP contribution in [0.5, 0.6) is 5.75 Å². The van der Waals surface area contributed by atoms with Crippen molar-refractivity contribution in [3.05, 3.63) is 94.0 Å². The van der Waals surface area contributed by atoms with Crippen molar-refractivity contribution in [2.75, 3.05) is 11.9 Å². The van der Waals surface area contributed by atoms with Gasteiger partial charge in [-0.15, -0.1) is 0 Å². The van der Waals surface area contributed by atoms with Gasteiger partial charge in [-0.25, -0.2) is 0 Å². The van der Waals surface area contributed by atoms with E-state index in [1.165, 1.54) is 6.07 Å². The molecular formula is C21H15Cl2NO3. The van der Waals surface area contributed by atoms with Crippen LogP contribution in [0.1, 0.15) is 15.9 Å². The summed E-state index contributed by atoms with van der Waals surface area (Å²) in [5.74, 6) is -0.155. The Morgan fingerprint density at radius 1 is 0.852 bits per heavy atom. The first-order valence-corrected chi connectivity index (χ1v) is 8.86. The quantitative estimate of drug-likeness (QED) is 0.576. The van der Waals surface area contributed by atoms with E-state index in [2.05, 4.69) is 5.32 Å². The second-order valence-electron chi connectivity index (χ2n) is 5.68. The van der Waals surface area contributed by atoms with Gasteiger partial charge in [0.1, 0.15) is 5.75 Å². The molecule has 0 atom stereocenters. The fourth-order valence-corrected chi connectivity index (χ4v) is 2.80. The summed E-state index contributed by atoms with van der Waals surface area (Å²) in [5.41, 5.74) is 1.18. The molecule has 0 bridgehead atoms. The number of ketones is 1. The molecule has 0 aliphatic rings. The Bertz CT molecular complexity index is 974. The van der Waals surface area contributed by atoms with Crippen LogP contribution < -0.4 is 10.1 Å². The zero-order chi connectivity index (χ0) is 19.2. The second-order valence-corrected chi connectivity index (χ2v) is 6.55. The monoisotopic (exact) mass is 399 g/mol. The van der Waals surface area contributed by atoms with E-state index in [4.69, 9.17) is 27.9 Å². The molecule has 0 saturated heterocycles. The van der Waals surface area contributed by atoms with Crippen molar-refractivity contribution < 1.29 is 14.3 Å². The summed E-state index contributed by atoms with van der Waals surface area (Å²) < 4.78 is 5.42. The van der Waals surface area contributed by atoms with Crippen LogP contribution in [-0.2, 0) is 4.79 Å². The zero-order valence-electron chi connectivity index (χ0n) is 14.1. The molecule has 0 aliphatic carbocycles. The van der Waals surface area contributed by atoms with E-state index in [-0.39, 0.29) is 12.4 Å². The summed E-state index contributed by atoms with van der Waals surface area (Å²) in [5, 5.41) is 3.62. The van der Waals surface area contributed by atoms with E-state index in [9.17, 15) is 9.59 Å². The van der Waals surface area contributed by atoms with Gasteiger partial charge in [-0.05, 0) is 36.4 Å². The molecular weight excluding hydrogens is 385 g/mol. The highest BCUT2D eigenvalue weighted by atomic mass is 35.5. The van der Waals surface area contributed by atoms with Crippen LogP contribution in [0.2, 0.25) is 10.0 Å². The van der Waals surface area contributed by atoms with Gasteiger partial charge >= 0.3 is 0 Å². The lowest BCUT2D eigenvalue weighted by atomic mass is 10.0. The number of anilines is 1. The number of hydrogen-bond donors (Lipinski definition) is 1. The van der Waals surface area contributed by atoms with Crippen LogP contribution >= 0.6 is 23.2 Å². The molecule has 0 fully saturated rings. The number of halogens is 2. The number of benzene rings is 3. The summed E-state index contributed by atoms with van der Waals surface area (Å²) in [7, 11) is 0. The van der Waals surface area contributed by atoms with Gasteiger partial charge in [-0.2, -0.15) is 0 Å². The Morgan fingerprint density at radius 3 is 2.33 bits per heavy atom. The van der Waals surface area contributed by atoms with Crippen LogP contribution in [0.3, 0.4) is 0 Å². The lowest BCUT2D eigenvalue weighted by Gasteiger charge is -2.12. The molecule has 0 saturated carbocycles. The fourth-order valence-electron chi connectivity index (χ4n) is 2.45. The molecule has 1 amide bonds. The van der Waals surface area contributed by atoms with E-state index in [1.54, 1.807) is 60.7 Å². The molecule has 1 N–H and O–H groups in total. The van der Waals surface area contributed by atoms with Gasteiger partial charge in [0.15, 0.2) is 12.4 Å². The molecule has 0 heterocycles. The van der Waals surface area contributed by atoms with Crippen molar-refractivity contribution in [3.63, 3.8) is 0 Å². The SMILES string of the molecule is O=C(COc1cccc(Cl)c1)Nc1ccc(Cl)cc1C(=O)c1ccccc1. The van der Waals surface area contributed by atoms with Gasteiger partial charge in [-0.3, -0.25) is 9.59 Å². The van der Waals surface area contributed by atoms with Crippen LogP contribution in [-0.4, -0.2) is 18.3 Å². The predicted octanol–water partition coefficient (Wildman–Crippen LogP) is 5.24. The number of amides is 1. The fraction of sp³-hybridized carbons (Fsp3) is 0.0476. The van der Waals surface area contributed by atoms with E-state index >= 15 is 0 Å². The van der Waals surface area contributed by atoms with Crippen molar-refractivity contribution in [3.8, 4) is 5.75 Å². The van der Waals surface area contributed by atoms with E-state index in [0.29, 0.717) is 32.6 Å². The Morgan fingerprint density at radius 2 is 1.59 bits per heavy atom. The number of hydrogen-bond acceptors (Lipinski definition) is 3. The standard InChI is InChI=1S/C21H15Cl2NO3/c22-15-7-4-8-17(11-15)27-13-20(25)24-19-10-9-16(23)12-18(19)21(26)14-5-2-1-3-6-14/h1-12H,13H2,(H,24,25). The molecule has 3 aromatic carbocycles. The van der Waals surface area contributed by atoms with E-state index < -0.39 is 5.91 Å². The van der Waals surface area contributed by atoms with Gasteiger partial charge in [0.25, 0.3) is 5.91 Å². The van der Waals surface area contributed by atoms with Crippen molar-refractivity contribution in [1.82, 2.24) is 0 Å². The summed E-state index contributed by atoms with van der Waals surface area (Å²) in [6, 6.07) is 20.3. The molecule has 4 nitrogen and oxygen atoms in total. The zero-order valence-corrected chi connectivity index (χ0v) is 15.6. The normalized spacial score (nSPS) is 10.3. The molecule has 3 rings (SSSR count). The minimum Gasteiger partial charge on any atom is -0.484 e. The molecule has 3 aromatic rings. The van der Waals surface area contributed by atoms with Crippen molar-refractivity contribution in [2.24, 2.45) is 0 Å². The van der Waals surface area contributed by atoms with Gasteiger partial charge in [0.05, 0.1) is 5.69 Å². The average Bonchev–Trinajstić information content (AvgIpc) is 2.68. The topological polar surface area (TPSA) is 55.4 Å². The predicted molar refractivity (Wildman–Crippen MR) is 107 cm³/mol. The maximum atomic E-state index is 12.8. The lowest BCUT2D eigenvalue weighted by molar-refractivity contribution is -0.118. The van der Waals surface area contributed by atoms with Crippen molar-refractivity contribution in [2.45, 2.75) is 0 Å². The first-order chi connectivity index (χ1) is 13.0. The third-order valence-corrected chi connectivity index (χ3v) is 4.17. The van der Waals surface area contributed by atoms with Gasteiger partial charge in [0, 0.05) is 21.2 Å². The van der Waals surface area contributed by atoms with E-state index in [0.717, 1.165) is 0 Å². The van der Waals surface area contributed by atoms with Gasteiger partial charge in [0.2, 0.25) is 0 Å². The Labute approximate surface area is 166 Å². The lowest BCUT2D eigenvalue weighted by Crippen LogP contribution is -2.21. The largest absolute Gasteiger partial charge is 0.484 e.